The molecule has 0 amide bonds. The highest BCUT2D eigenvalue weighted by Crippen LogP contribution is 2.69. The first-order chi connectivity index (χ1) is 27.2. The molecular formula is C37H30F10N8O2S. The fourth-order valence-corrected chi connectivity index (χ4v) is 9.60. The van der Waals surface area contributed by atoms with Crippen LogP contribution in [0.5, 0.6) is 11.8 Å². The van der Waals surface area contributed by atoms with Gasteiger partial charge in [0.25, 0.3) is 5.92 Å². The van der Waals surface area contributed by atoms with E-state index >= 15 is 22.0 Å². The highest BCUT2D eigenvalue weighted by molar-refractivity contribution is 7.23. The number of nitrogens with two attached hydrogens (primary N) is 2. The summed E-state index contributed by atoms with van der Waals surface area (Å²) in [6.45, 7) is 0.219. The van der Waals surface area contributed by atoms with Crippen molar-refractivity contribution in [1.29, 1.82) is 5.26 Å². The molecule has 10 nitrogen and oxygen atoms in total. The summed E-state index contributed by atoms with van der Waals surface area (Å²) in [5.41, 5.74) is 4.11. The Hall–Kier alpha value is -5.36. The number of alkyl halides is 8. The number of aromatic nitrogens is 3. The number of aromatic hydroxyl groups is 1. The molecule has 1 saturated carbocycles. The van der Waals surface area contributed by atoms with E-state index in [0.717, 1.165) is 12.1 Å². The normalized spacial score (nSPS) is 22.1. The van der Waals surface area contributed by atoms with Crippen LogP contribution in [0.2, 0.25) is 0 Å². The Morgan fingerprint density at radius 1 is 1.07 bits per heavy atom. The maximum Gasteiger partial charge on any atom is 0.420 e. The van der Waals surface area contributed by atoms with Gasteiger partial charge in [0.15, 0.2) is 5.82 Å². The van der Waals surface area contributed by atoms with Gasteiger partial charge in [-0.25, -0.2) is 22.5 Å². The third-order valence-electron chi connectivity index (χ3n) is 11.4. The summed E-state index contributed by atoms with van der Waals surface area (Å²) in [6.07, 6.45) is -10.6. The Balaban J connectivity index is 1.35. The highest BCUT2D eigenvalue weighted by atomic mass is 32.1. The number of hydrogen-bond acceptors (Lipinski definition) is 11. The maximum atomic E-state index is 17.3. The number of halogens is 10. The SMILES string of the molecule is N#Cc1c(N)sc2c(F)ccc(-c3c(C(F)(F)F)c(O)c4c(N[C@H](CCC(F)(F)F)c5cccnc5N)nc(OC[C@@]56CCCN5C[C@@]5(CC5(F)F)C6)nc4c3F)c12. The quantitative estimate of drug-likeness (QED) is 0.106. The van der Waals surface area contributed by atoms with Crippen LogP contribution in [-0.4, -0.2) is 62.3 Å². The van der Waals surface area contributed by atoms with Crippen molar-refractivity contribution in [2.24, 2.45) is 5.41 Å². The topological polar surface area (TPSA) is 159 Å². The molecule has 1 aliphatic carbocycles. The second kappa shape index (κ2) is 13.3. The zero-order valence-electron chi connectivity index (χ0n) is 29.8. The molecule has 1 spiro atoms. The fourth-order valence-electron chi connectivity index (χ4n) is 8.65. The number of nitriles is 1. The number of fused-ring (bicyclic) bond motifs is 3. The van der Waals surface area contributed by atoms with E-state index in [1.807, 2.05) is 4.90 Å². The van der Waals surface area contributed by atoms with Crippen LogP contribution < -0.4 is 21.5 Å². The van der Waals surface area contributed by atoms with Gasteiger partial charge in [0.05, 0.1) is 32.6 Å². The number of thiophene rings is 1. The molecule has 3 atom stereocenters. The number of pyridine rings is 1. The lowest BCUT2D eigenvalue weighted by atomic mass is 9.89. The lowest BCUT2D eigenvalue weighted by Crippen LogP contribution is -2.43. The van der Waals surface area contributed by atoms with Crippen LogP contribution in [0.1, 0.15) is 61.3 Å². The van der Waals surface area contributed by atoms with Gasteiger partial charge in [0.1, 0.15) is 52.0 Å². The van der Waals surface area contributed by atoms with Gasteiger partial charge >= 0.3 is 18.4 Å². The van der Waals surface area contributed by atoms with Crippen LogP contribution in [0.25, 0.3) is 32.1 Å². The number of phenolic OH excluding ortho intramolecular Hbond substituents is 1. The summed E-state index contributed by atoms with van der Waals surface area (Å²) in [6, 6.07) is 3.60. The number of rotatable bonds is 9. The Morgan fingerprint density at radius 2 is 1.81 bits per heavy atom. The van der Waals surface area contributed by atoms with Crippen LogP contribution in [0.3, 0.4) is 0 Å². The fraction of sp³-hybridized carbons (Fsp3) is 0.405. The first-order valence-electron chi connectivity index (χ1n) is 17.7. The van der Waals surface area contributed by atoms with Gasteiger partial charge in [-0.2, -0.15) is 41.6 Å². The minimum Gasteiger partial charge on any atom is -0.506 e. The summed E-state index contributed by atoms with van der Waals surface area (Å²) in [4.78, 5) is 14.0. The predicted molar refractivity (Wildman–Crippen MR) is 192 cm³/mol. The van der Waals surface area contributed by atoms with E-state index in [0.29, 0.717) is 30.7 Å². The smallest absolute Gasteiger partial charge is 0.420 e. The summed E-state index contributed by atoms with van der Waals surface area (Å²) >= 11 is 0.525. The zero-order valence-corrected chi connectivity index (χ0v) is 30.6. The third-order valence-corrected chi connectivity index (χ3v) is 12.4. The van der Waals surface area contributed by atoms with Crippen molar-refractivity contribution in [1.82, 2.24) is 19.9 Å². The van der Waals surface area contributed by atoms with Crippen LogP contribution >= 0.6 is 11.3 Å². The van der Waals surface area contributed by atoms with Crippen LogP contribution in [0, 0.1) is 28.4 Å². The van der Waals surface area contributed by atoms with Gasteiger partial charge in [-0.3, -0.25) is 4.90 Å². The summed E-state index contributed by atoms with van der Waals surface area (Å²) < 4.78 is 153. The molecule has 3 aromatic heterocycles. The minimum atomic E-state index is -5.58. The standard InChI is InChI=1S/C37H30F10N8O2S/c38-19-5-4-17(21-18(11-48)30(50)58-28(19)21)22-24(37(45,46)47)27(56)23-26(25(22)39)53-32(57-15-34-7-2-10-55(34)14-33(12-34)13-35(33,40)41)54-31(23)52-20(6-8-36(42,43)44)16-3-1-9-51-29(16)49/h1,3-5,9,20,56H,2,6-8,10,12-15,50H2,(H2,49,51)(H,52,53,54)/t20-,33+,34+/m1/s1. The lowest BCUT2D eigenvalue weighted by molar-refractivity contribution is -0.138. The van der Waals surface area contributed by atoms with Gasteiger partial charge < -0.3 is 26.6 Å². The van der Waals surface area contributed by atoms with E-state index in [4.69, 9.17) is 16.2 Å². The van der Waals surface area contributed by atoms with E-state index in [1.165, 1.54) is 18.3 Å². The van der Waals surface area contributed by atoms with Crippen molar-refractivity contribution in [3.05, 3.63) is 58.8 Å². The Bertz CT molecular complexity index is 2540. The van der Waals surface area contributed by atoms with Gasteiger partial charge in [0.2, 0.25) is 0 Å². The lowest BCUT2D eigenvalue weighted by Gasteiger charge is -2.31. The molecule has 5 heterocycles. The number of benzene rings is 2. The van der Waals surface area contributed by atoms with Crippen molar-refractivity contribution in [2.45, 2.75) is 68.4 Å². The molecule has 8 rings (SSSR count). The molecule has 58 heavy (non-hydrogen) atoms. The molecule has 0 unspecified atom stereocenters. The summed E-state index contributed by atoms with van der Waals surface area (Å²) in [5.74, 6) is -8.39. The number of nitrogens with zero attached hydrogens (tertiary/aromatic N) is 5. The first-order valence-corrected chi connectivity index (χ1v) is 18.5. The van der Waals surface area contributed by atoms with E-state index in [1.54, 1.807) is 6.07 Å². The molecule has 3 fully saturated rings. The molecule has 2 saturated heterocycles. The van der Waals surface area contributed by atoms with Crippen molar-refractivity contribution in [2.75, 3.05) is 36.5 Å². The average Bonchev–Trinajstić information content (AvgIpc) is 3.47. The third kappa shape index (κ3) is 6.40. The average molecular weight is 841 g/mol. The number of hydrogen-bond donors (Lipinski definition) is 4. The predicted octanol–water partition coefficient (Wildman–Crippen LogP) is 9.08. The van der Waals surface area contributed by atoms with Gasteiger partial charge in [-0.1, -0.05) is 12.1 Å². The van der Waals surface area contributed by atoms with E-state index < -0.39 is 116 Å². The Labute approximate surface area is 325 Å². The molecule has 21 heteroatoms. The monoisotopic (exact) mass is 840 g/mol. The Kier molecular flexibility index (Phi) is 9.08. The van der Waals surface area contributed by atoms with E-state index in [9.17, 15) is 32.3 Å². The number of nitrogen functional groups attached to an aromatic ring is 2. The summed E-state index contributed by atoms with van der Waals surface area (Å²) in [7, 11) is 0. The largest absolute Gasteiger partial charge is 0.506 e. The number of nitrogens with one attached hydrogen (secondary N) is 1. The maximum absolute atomic E-state index is 17.3. The van der Waals surface area contributed by atoms with Crippen molar-refractivity contribution < 1.29 is 53.7 Å². The van der Waals surface area contributed by atoms with Gasteiger partial charge in [-0.05, 0) is 49.9 Å². The molecule has 0 bridgehead atoms. The molecule has 0 radical (unpaired) electrons. The van der Waals surface area contributed by atoms with Crippen LogP contribution in [0.15, 0.2) is 30.5 Å². The second-order valence-corrected chi connectivity index (χ2v) is 16.0. The molecule has 2 aliphatic heterocycles. The van der Waals surface area contributed by atoms with Crippen molar-refractivity contribution in [3.8, 4) is 29.0 Å². The second-order valence-electron chi connectivity index (χ2n) is 14.9. The Morgan fingerprint density at radius 3 is 2.47 bits per heavy atom. The van der Waals surface area contributed by atoms with Gasteiger partial charge in [-0.15, -0.1) is 11.3 Å². The summed E-state index contributed by atoms with van der Waals surface area (Å²) in [5, 5.41) is 22.3. The van der Waals surface area contributed by atoms with Gasteiger partial charge in [0, 0.05) is 42.1 Å². The zero-order chi connectivity index (χ0) is 41.7. The number of anilines is 3. The minimum absolute atomic E-state index is 0.0330. The molecule has 6 N–H and O–H groups in total. The van der Waals surface area contributed by atoms with E-state index in [2.05, 4.69) is 20.3 Å². The van der Waals surface area contributed by atoms with Crippen LogP contribution in [-0.2, 0) is 6.18 Å². The van der Waals surface area contributed by atoms with Crippen molar-refractivity contribution in [3.63, 3.8) is 0 Å². The molecule has 5 aromatic rings. The molecule has 306 valence electrons. The van der Waals surface area contributed by atoms with Crippen molar-refractivity contribution >= 4 is 49.0 Å². The number of phenols is 1. The first kappa shape index (κ1) is 39.5. The van der Waals surface area contributed by atoms with Crippen LogP contribution in [0.4, 0.5) is 60.5 Å². The highest BCUT2D eigenvalue weighted by Gasteiger charge is 2.77. The molecule has 2 aromatic carbocycles. The number of ether oxygens (including phenoxy) is 1. The molecular weight excluding hydrogens is 811 g/mol. The molecule has 3 aliphatic rings. The van der Waals surface area contributed by atoms with E-state index in [-0.39, 0.29) is 47.1 Å².